The molecule has 1 N–H and O–H groups in total. The van der Waals surface area contributed by atoms with Crippen molar-refractivity contribution in [2.24, 2.45) is 0 Å². The van der Waals surface area contributed by atoms with Crippen molar-refractivity contribution in [3.63, 3.8) is 0 Å². The molecule has 0 saturated carbocycles. The van der Waals surface area contributed by atoms with Crippen LogP contribution in [0.25, 0.3) is 0 Å². The molecular formula is C15H23NO2. The number of nitrogens with one attached hydrogen (secondary N) is 1. The van der Waals surface area contributed by atoms with Gasteiger partial charge in [-0.15, -0.1) is 0 Å². The van der Waals surface area contributed by atoms with E-state index in [-0.39, 0.29) is 6.04 Å². The van der Waals surface area contributed by atoms with Gasteiger partial charge in [-0.25, -0.2) is 0 Å². The zero-order valence-corrected chi connectivity index (χ0v) is 11.7. The Labute approximate surface area is 110 Å². The van der Waals surface area contributed by atoms with Crippen molar-refractivity contribution in [3.8, 4) is 11.5 Å². The fourth-order valence-corrected chi connectivity index (χ4v) is 1.84. The molecule has 0 amide bonds. The topological polar surface area (TPSA) is 30.5 Å². The molecule has 3 nitrogen and oxygen atoms in total. The highest BCUT2D eigenvalue weighted by Crippen LogP contribution is 2.29. The molecule has 0 aliphatic rings. The van der Waals surface area contributed by atoms with Gasteiger partial charge in [0.25, 0.3) is 0 Å². The maximum absolute atomic E-state index is 5.38. The van der Waals surface area contributed by atoms with Crippen LogP contribution < -0.4 is 14.8 Å². The Kier molecular flexibility index (Phi) is 6.29. The third kappa shape index (κ3) is 4.08. The highest BCUT2D eigenvalue weighted by atomic mass is 16.5. The van der Waals surface area contributed by atoms with Gasteiger partial charge in [0.15, 0.2) is 0 Å². The summed E-state index contributed by atoms with van der Waals surface area (Å²) < 4.78 is 10.6. The smallest absolute Gasteiger partial charge is 0.123 e. The van der Waals surface area contributed by atoms with Crippen LogP contribution in [0.5, 0.6) is 11.5 Å². The third-order valence-corrected chi connectivity index (χ3v) is 2.90. The molecule has 1 unspecified atom stereocenters. The van der Waals surface area contributed by atoms with Crippen LogP contribution in [-0.2, 0) is 0 Å². The summed E-state index contributed by atoms with van der Waals surface area (Å²) in [5, 5.41) is 3.47. The van der Waals surface area contributed by atoms with Gasteiger partial charge in [0.2, 0.25) is 0 Å². The summed E-state index contributed by atoms with van der Waals surface area (Å²) >= 11 is 0. The lowest BCUT2D eigenvalue weighted by Gasteiger charge is -2.17. The minimum Gasteiger partial charge on any atom is -0.497 e. The Morgan fingerprint density at radius 3 is 2.67 bits per heavy atom. The Morgan fingerprint density at radius 1 is 1.28 bits per heavy atom. The van der Waals surface area contributed by atoms with Gasteiger partial charge >= 0.3 is 0 Å². The average molecular weight is 249 g/mol. The van der Waals surface area contributed by atoms with Crippen LogP contribution in [0, 0.1) is 0 Å². The monoisotopic (exact) mass is 249 g/mol. The maximum Gasteiger partial charge on any atom is 0.123 e. The van der Waals surface area contributed by atoms with Crippen LogP contribution in [0.1, 0.15) is 31.9 Å². The van der Waals surface area contributed by atoms with Crippen LogP contribution in [-0.4, -0.2) is 20.8 Å². The predicted octanol–water partition coefficient (Wildman–Crippen LogP) is 3.32. The first kappa shape index (κ1) is 14.6. The molecule has 100 valence electrons. The first-order chi connectivity index (χ1) is 8.72. The lowest BCUT2D eigenvalue weighted by atomic mass is 10.1. The van der Waals surface area contributed by atoms with Crippen molar-refractivity contribution in [2.75, 3.05) is 20.8 Å². The van der Waals surface area contributed by atoms with E-state index in [9.17, 15) is 0 Å². The first-order valence-electron chi connectivity index (χ1n) is 6.29. The number of hydrogen-bond acceptors (Lipinski definition) is 3. The van der Waals surface area contributed by atoms with Crippen LogP contribution in [0.4, 0.5) is 0 Å². The van der Waals surface area contributed by atoms with Crippen molar-refractivity contribution in [1.29, 1.82) is 0 Å². The SMILES string of the molecule is C/C=C/CCNC(C)c1cc(OC)ccc1OC. The summed E-state index contributed by atoms with van der Waals surface area (Å²) in [4.78, 5) is 0. The molecule has 1 atom stereocenters. The zero-order valence-electron chi connectivity index (χ0n) is 11.7. The van der Waals surface area contributed by atoms with Crippen molar-refractivity contribution >= 4 is 0 Å². The Hall–Kier alpha value is -1.48. The number of ether oxygens (including phenoxy) is 2. The number of hydrogen-bond donors (Lipinski definition) is 1. The quantitative estimate of drug-likeness (QED) is 0.594. The van der Waals surface area contributed by atoms with Crippen molar-refractivity contribution in [2.45, 2.75) is 26.3 Å². The minimum absolute atomic E-state index is 0.236. The van der Waals surface area contributed by atoms with Crippen molar-refractivity contribution in [1.82, 2.24) is 5.32 Å². The van der Waals surface area contributed by atoms with Gasteiger partial charge in [-0.1, -0.05) is 12.2 Å². The molecule has 0 fully saturated rings. The van der Waals surface area contributed by atoms with E-state index in [1.54, 1.807) is 14.2 Å². The zero-order chi connectivity index (χ0) is 13.4. The first-order valence-corrected chi connectivity index (χ1v) is 6.29. The molecular weight excluding hydrogens is 226 g/mol. The van der Waals surface area contributed by atoms with E-state index in [4.69, 9.17) is 9.47 Å². The molecule has 0 saturated heterocycles. The fourth-order valence-electron chi connectivity index (χ4n) is 1.84. The van der Waals surface area contributed by atoms with Crippen molar-refractivity contribution < 1.29 is 9.47 Å². The second-order valence-corrected chi connectivity index (χ2v) is 4.14. The van der Waals surface area contributed by atoms with Crippen LogP contribution >= 0.6 is 0 Å². The molecule has 18 heavy (non-hydrogen) atoms. The molecule has 3 heteroatoms. The summed E-state index contributed by atoms with van der Waals surface area (Å²) in [6, 6.07) is 6.11. The van der Waals surface area contributed by atoms with Gasteiger partial charge in [0, 0.05) is 11.6 Å². The Balaban J connectivity index is 2.72. The molecule has 0 aliphatic heterocycles. The number of methoxy groups -OCH3 is 2. The molecule has 0 aliphatic carbocycles. The van der Waals surface area contributed by atoms with E-state index in [1.165, 1.54) is 0 Å². The highest BCUT2D eigenvalue weighted by molar-refractivity contribution is 5.42. The van der Waals surface area contributed by atoms with Gasteiger partial charge in [-0.05, 0) is 45.0 Å². The third-order valence-electron chi connectivity index (χ3n) is 2.90. The van der Waals surface area contributed by atoms with Gasteiger partial charge in [-0.2, -0.15) is 0 Å². The Morgan fingerprint density at radius 2 is 2.06 bits per heavy atom. The standard InChI is InChI=1S/C15H23NO2/c1-5-6-7-10-16-12(2)14-11-13(17-3)8-9-15(14)18-4/h5-6,8-9,11-12,16H,7,10H2,1-4H3/b6-5+. The van der Waals surface area contributed by atoms with E-state index in [0.717, 1.165) is 30.0 Å². The normalized spacial score (nSPS) is 12.7. The van der Waals surface area contributed by atoms with E-state index >= 15 is 0 Å². The number of benzene rings is 1. The number of rotatable bonds is 7. The Bertz CT molecular complexity index is 388. The van der Waals surface area contributed by atoms with Gasteiger partial charge in [0.1, 0.15) is 11.5 Å². The second-order valence-electron chi connectivity index (χ2n) is 4.14. The lowest BCUT2D eigenvalue weighted by molar-refractivity contribution is 0.392. The molecule has 0 radical (unpaired) electrons. The van der Waals surface area contributed by atoms with Gasteiger partial charge in [0.05, 0.1) is 14.2 Å². The summed E-state index contributed by atoms with van der Waals surface area (Å²) in [6.45, 7) is 5.12. The predicted molar refractivity (Wildman–Crippen MR) is 75.4 cm³/mol. The van der Waals surface area contributed by atoms with E-state index in [1.807, 2.05) is 25.1 Å². The summed E-state index contributed by atoms with van der Waals surface area (Å²) in [5.74, 6) is 1.75. The molecule has 0 heterocycles. The molecule has 0 bridgehead atoms. The van der Waals surface area contributed by atoms with Crippen LogP contribution in [0.3, 0.4) is 0 Å². The largest absolute Gasteiger partial charge is 0.497 e. The minimum atomic E-state index is 0.236. The summed E-state index contributed by atoms with van der Waals surface area (Å²) in [6.07, 6.45) is 5.26. The highest BCUT2D eigenvalue weighted by Gasteiger charge is 2.11. The van der Waals surface area contributed by atoms with E-state index < -0.39 is 0 Å². The van der Waals surface area contributed by atoms with E-state index in [2.05, 4.69) is 24.4 Å². The second kappa shape index (κ2) is 7.77. The van der Waals surface area contributed by atoms with Crippen LogP contribution in [0.15, 0.2) is 30.4 Å². The maximum atomic E-state index is 5.38. The molecule has 1 aromatic rings. The van der Waals surface area contributed by atoms with Crippen molar-refractivity contribution in [3.05, 3.63) is 35.9 Å². The van der Waals surface area contributed by atoms with Crippen LogP contribution in [0.2, 0.25) is 0 Å². The average Bonchev–Trinajstić information content (AvgIpc) is 2.42. The number of allylic oxidation sites excluding steroid dienone is 1. The van der Waals surface area contributed by atoms with Gasteiger partial charge < -0.3 is 14.8 Å². The summed E-state index contributed by atoms with van der Waals surface area (Å²) in [7, 11) is 3.37. The lowest BCUT2D eigenvalue weighted by Crippen LogP contribution is -2.20. The molecule has 1 rings (SSSR count). The van der Waals surface area contributed by atoms with Gasteiger partial charge in [-0.3, -0.25) is 0 Å². The summed E-state index contributed by atoms with van der Waals surface area (Å²) in [5.41, 5.74) is 1.12. The fraction of sp³-hybridized carbons (Fsp3) is 0.467. The molecule has 0 aromatic heterocycles. The van der Waals surface area contributed by atoms with E-state index in [0.29, 0.717) is 0 Å². The molecule has 0 spiro atoms. The molecule has 1 aromatic carbocycles.